The maximum Gasteiger partial charge on any atom is 0.293 e. The molecule has 0 N–H and O–H groups in total. The van der Waals surface area contributed by atoms with E-state index in [1.807, 2.05) is 49.4 Å². The lowest BCUT2D eigenvalue weighted by Gasteiger charge is -2.13. The number of hydrogen-bond donors (Lipinski definition) is 0. The van der Waals surface area contributed by atoms with Crippen LogP contribution in [0.4, 0.5) is 4.79 Å². The average molecular weight is 424 g/mol. The Labute approximate surface area is 178 Å². The number of thioether (sulfide) groups is 1. The predicted molar refractivity (Wildman–Crippen MR) is 118 cm³/mol. The maximum atomic E-state index is 12.9. The number of benzene rings is 3. The van der Waals surface area contributed by atoms with Gasteiger partial charge in [-0.1, -0.05) is 48.0 Å². The topological polar surface area (TPSA) is 46.6 Å². The zero-order valence-electron chi connectivity index (χ0n) is 15.7. The Balaban J connectivity index is 1.60. The summed E-state index contributed by atoms with van der Waals surface area (Å²) in [6.45, 7) is 2.61. The standard InChI is InChI=1S/C23H18ClNO3S/c1-2-28-20-10-9-19(24)12-18(20)13-21-22(26)25(23(27)29-21)14-15-7-8-16-5-3-4-6-17(16)11-15/h3-13H,2,14H2,1H3/b21-13-. The molecule has 4 nitrogen and oxygen atoms in total. The van der Waals surface area contributed by atoms with Gasteiger partial charge in [0.1, 0.15) is 5.75 Å². The number of rotatable bonds is 5. The first-order chi connectivity index (χ1) is 14.0. The number of amides is 2. The summed E-state index contributed by atoms with van der Waals surface area (Å²) in [6.07, 6.45) is 1.67. The lowest BCUT2D eigenvalue weighted by Crippen LogP contribution is -2.27. The Bertz CT molecular complexity index is 1140. The predicted octanol–water partition coefficient (Wildman–Crippen LogP) is 6.13. The van der Waals surface area contributed by atoms with Gasteiger partial charge in [-0.3, -0.25) is 14.5 Å². The van der Waals surface area contributed by atoms with Crippen LogP contribution in [-0.2, 0) is 11.3 Å². The van der Waals surface area contributed by atoms with Gasteiger partial charge in [0.15, 0.2) is 0 Å². The molecule has 4 rings (SSSR count). The van der Waals surface area contributed by atoms with Crippen molar-refractivity contribution >= 4 is 51.4 Å². The van der Waals surface area contributed by atoms with Crippen molar-refractivity contribution in [2.45, 2.75) is 13.5 Å². The Morgan fingerprint density at radius 3 is 2.62 bits per heavy atom. The molecule has 2 amide bonds. The van der Waals surface area contributed by atoms with Crippen LogP contribution in [0.1, 0.15) is 18.1 Å². The minimum absolute atomic E-state index is 0.237. The molecule has 0 saturated carbocycles. The van der Waals surface area contributed by atoms with Gasteiger partial charge in [-0.25, -0.2) is 0 Å². The van der Waals surface area contributed by atoms with Crippen LogP contribution in [0.2, 0.25) is 5.02 Å². The number of hydrogen-bond acceptors (Lipinski definition) is 4. The van der Waals surface area contributed by atoms with Crippen LogP contribution in [0.5, 0.6) is 5.75 Å². The normalized spacial score (nSPS) is 15.5. The molecule has 0 unspecified atom stereocenters. The van der Waals surface area contributed by atoms with E-state index in [9.17, 15) is 9.59 Å². The van der Waals surface area contributed by atoms with E-state index in [0.717, 1.165) is 28.1 Å². The van der Waals surface area contributed by atoms with Gasteiger partial charge in [-0.05, 0) is 65.4 Å². The van der Waals surface area contributed by atoms with Crippen LogP contribution in [0, 0.1) is 0 Å². The molecule has 1 aliphatic rings. The largest absolute Gasteiger partial charge is 0.493 e. The third-order valence-electron chi connectivity index (χ3n) is 4.59. The van der Waals surface area contributed by atoms with Crippen LogP contribution in [0.15, 0.2) is 65.6 Å². The number of halogens is 1. The molecule has 0 bridgehead atoms. The molecule has 1 fully saturated rings. The van der Waals surface area contributed by atoms with Crippen molar-refractivity contribution in [3.8, 4) is 5.75 Å². The number of fused-ring (bicyclic) bond motifs is 1. The molecule has 0 atom stereocenters. The molecule has 3 aromatic carbocycles. The quantitative estimate of drug-likeness (QED) is 0.463. The molecular formula is C23H18ClNO3S. The maximum absolute atomic E-state index is 12.9. The van der Waals surface area contributed by atoms with Gasteiger partial charge < -0.3 is 4.74 Å². The summed E-state index contributed by atoms with van der Waals surface area (Å²) in [7, 11) is 0. The third kappa shape index (κ3) is 4.16. The first-order valence-corrected chi connectivity index (χ1v) is 10.4. The first-order valence-electron chi connectivity index (χ1n) is 9.20. The summed E-state index contributed by atoms with van der Waals surface area (Å²) >= 11 is 7.03. The summed E-state index contributed by atoms with van der Waals surface area (Å²) in [6, 6.07) is 19.2. The highest BCUT2D eigenvalue weighted by Crippen LogP contribution is 2.35. The van der Waals surface area contributed by atoms with Crippen LogP contribution in [-0.4, -0.2) is 22.7 Å². The van der Waals surface area contributed by atoms with E-state index in [1.54, 1.807) is 24.3 Å². The fourth-order valence-corrected chi connectivity index (χ4v) is 4.23. The van der Waals surface area contributed by atoms with Crippen LogP contribution < -0.4 is 4.74 Å². The van der Waals surface area contributed by atoms with Gasteiger partial charge in [0.25, 0.3) is 11.1 Å². The highest BCUT2D eigenvalue weighted by molar-refractivity contribution is 8.18. The molecule has 1 aliphatic heterocycles. The number of carbonyl (C=O) groups is 2. The molecule has 6 heteroatoms. The Morgan fingerprint density at radius 1 is 1.03 bits per heavy atom. The fraction of sp³-hybridized carbons (Fsp3) is 0.130. The summed E-state index contributed by atoms with van der Waals surface area (Å²) in [5.74, 6) is 0.314. The fourth-order valence-electron chi connectivity index (χ4n) is 3.22. The second-order valence-corrected chi connectivity index (χ2v) is 7.99. The van der Waals surface area contributed by atoms with E-state index >= 15 is 0 Å². The van der Waals surface area contributed by atoms with Crippen LogP contribution in [0.3, 0.4) is 0 Å². The van der Waals surface area contributed by atoms with Crippen LogP contribution >= 0.6 is 23.4 Å². The molecule has 0 radical (unpaired) electrons. The molecule has 0 aliphatic carbocycles. The summed E-state index contributed by atoms with van der Waals surface area (Å²) in [4.78, 5) is 27.0. The highest BCUT2D eigenvalue weighted by atomic mass is 35.5. The van der Waals surface area contributed by atoms with E-state index in [2.05, 4.69) is 0 Å². The number of imide groups is 1. The van der Waals surface area contributed by atoms with Crippen molar-refractivity contribution in [3.05, 3.63) is 81.7 Å². The Kier molecular flexibility index (Phi) is 5.60. The Morgan fingerprint density at radius 2 is 1.83 bits per heavy atom. The molecule has 1 heterocycles. The molecule has 0 spiro atoms. The van der Waals surface area contributed by atoms with Gasteiger partial charge in [-0.15, -0.1) is 0 Å². The van der Waals surface area contributed by atoms with E-state index in [-0.39, 0.29) is 17.7 Å². The van der Waals surface area contributed by atoms with E-state index < -0.39 is 0 Å². The summed E-state index contributed by atoms with van der Waals surface area (Å²) in [5.41, 5.74) is 1.58. The average Bonchev–Trinajstić information content (AvgIpc) is 2.97. The monoisotopic (exact) mass is 423 g/mol. The van der Waals surface area contributed by atoms with E-state index in [1.165, 1.54) is 4.90 Å². The molecular weight excluding hydrogens is 406 g/mol. The number of ether oxygens (including phenoxy) is 1. The third-order valence-corrected chi connectivity index (χ3v) is 5.73. The lowest BCUT2D eigenvalue weighted by atomic mass is 10.1. The van der Waals surface area contributed by atoms with Crippen molar-refractivity contribution in [1.82, 2.24) is 4.90 Å². The van der Waals surface area contributed by atoms with Gasteiger partial charge in [0.05, 0.1) is 18.1 Å². The second-order valence-electron chi connectivity index (χ2n) is 6.56. The summed E-state index contributed by atoms with van der Waals surface area (Å²) in [5, 5.41) is 2.45. The molecule has 146 valence electrons. The van der Waals surface area contributed by atoms with E-state index in [4.69, 9.17) is 16.3 Å². The zero-order chi connectivity index (χ0) is 20.4. The van der Waals surface area contributed by atoms with Crippen molar-refractivity contribution in [1.29, 1.82) is 0 Å². The minimum atomic E-state index is -0.310. The van der Waals surface area contributed by atoms with E-state index in [0.29, 0.717) is 27.8 Å². The highest BCUT2D eigenvalue weighted by Gasteiger charge is 2.35. The zero-order valence-corrected chi connectivity index (χ0v) is 17.3. The second kappa shape index (κ2) is 8.31. The van der Waals surface area contributed by atoms with Crippen LogP contribution in [0.25, 0.3) is 16.8 Å². The van der Waals surface area contributed by atoms with Gasteiger partial charge in [0.2, 0.25) is 0 Å². The molecule has 3 aromatic rings. The minimum Gasteiger partial charge on any atom is -0.493 e. The molecule has 0 aromatic heterocycles. The van der Waals surface area contributed by atoms with Crippen molar-refractivity contribution in [2.75, 3.05) is 6.61 Å². The van der Waals surface area contributed by atoms with Crippen molar-refractivity contribution < 1.29 is 14.3 Å². The number of nitrogens with zero attached hydrogens (tertiary/aromatic N) is 1. The molecule has 1 saturated heterocycles. The first kappa shape index (κ1) is 19.6. The summed E-state index contributed by atoms with van der Waals surface area (Å²) < 4.78 is 5.61. The van der Waals surface area contributed by atoms with Crippen molar-refractivity contribution in [3.63, 3.8) is 0 Å². The SMILES string of the molecule is CCOc1ccc(Cl)cc1/C=C1\SC(=O)N(Cc2ccc3ccccc3c2)C1=O. The smallest absolute Gasteiger partial charge is 0.293 e. The molecule has 29 heavy (non-hydrogen) atoms. The van der Waals surface area contributed by atoms with Gasteiger partial charge >= 0.3 is 0 Å². The van der Waals surface area contributed by atoms with Gasteiger partial charge in [-0.2, -0.15) is 0 Å². The Hall–Kier alpha value is -2.76. The van der Waals surface area contributed by atoms with Crippen molar-refractivity contribution in [2.24, 2.45) is 0 Å². The van der Waals surface area contributed by atoms with Gasteiger partial charge in [0, 0.05) is 10.6 Å². The number of carbonyl (C=O) groups excluding carboxylic acids is 2. The lowest BCUT2D eigenvalue weighted by molar-refractivity contribution is -0.123.